The van der Waals surface area contributed by atoms with Crippen molar-refractivity contribution in [1.29, 1.82) is 0 Å². The van der Waals surface area contributed by atoms with Crippen molar-refractivity contribution < 1.29 is 66.3 Å². The molecule has 318 valence electrons. The maximum atomic E-state index is 6.51. The van der Waals surface area contributed by atoms with Crippen LogP contribution in [-0.2, 0) is 63.3 Å². The van der Waals surface area contributed by atoms with E-state index in [1.54, 1.807) is 0 Å². The molecule has 10 atom stereocenters. The molecular formula is C41H65NO14. The second kappa shape index (κ2) is 15.4. The summed E-state index contributed by atoms with van der Waals surface area (Å²) in [6.07, 6.45) is -3.02. The van der Waals surface area contributed by atoms with Gasteiger partial charge in [0.1, 0.15) is 85.8 Å². The fraction of sp³-hybridized carbons (Fsp3) is 0.854. The smallest absolute Gasteiger partial charge is 0.164 e. The molecule has 0 radical (unpaired) electrons. The van der Waals surface area contributed by atoms with Gasteiger partial charge in [0, 0.05) is 6.07 Å². The summed E-state index contributed by atoms with van der Waals surface area (Å²) in [5.41, 5.74) is 6.94. The van der Waals surface area contributed by atoms with Crippen LogP contribution in [0.3, 0.4) is 0 Å². The van der Waals surface area contributed by atoms with Crippen LogP contribution in [0.15, 0.2) is 18.2 Å². The number of ether oxygens (including phenoxy) is 14. The number of rotatable bonds is 13. The predicted octanol–water partition coefficient (Wildman–Crippen LogP) is 4.72. The van der Waals surface area contributed by atoms with Crippen LogP contribution < -0.4 is 15.2 Å². The van der Waals surface area contributed by atoms with Crippen LogP contribution in [0.5, 0.6) is 11.5 Å². The zero-order valence-corrected chi connectivity index (χ0v) is 35.2. The second-order valence-corrected chi connectivity index (χ2v) is 18.5. The largest absolute Gasteiger partial charge is 0.491 e. The van der Waals surface area contributed by atoms with E-state index in [9.17, 15) is 0 Å². The topological polar surface area (TPSA) is 155 Å². The van der Waals surface area contributed by atoms with Gasteiger partial charge in [-0.1, -0.05) is 0 Å². The summed E-state index contributed by atoms with van der Waals surface area (Å²) in [4.78, 5) is 0. The molecule has 15 nitrogen and oxygen atoms in total. The molecule has 1 aromatic rings. The van der Waals surface area contributed by atoms with Gasteiger partial charge < -0.3 is 72.0 Å². The van der Waals surface area contributed by atoms with Gasteiger partial charge in [-0.15, -0.1) is 0 Å². The van der Waals surface area contributed by atoms with Crippen LogP contribution in [0.2, 0.25) is 0 Å². The van der Waals surface area contributed by atoms with Crippen LogP contribution in [0, 0.1) is 0 Å². The number of hydrogen-bond donors (Lipinski definition) is 1. The van der Waals surface area contributed by atoms with Crippen molar-refractivity contribution in [3.63, 3.8) is 0 Å². The molecule has 7 rings (SSSR count). The Morgan fingerprint density at radius 1 is 0.482 bits per heavy atom. The second-order valence-electron chi connectivity index (χ2n) is 18.5. The van der Waals surface area contributed by atoms with E-state index in [0.717, 1.165) is 18.4 Å². The Bertz CT molecular complexity index is 1430. The molecule has 6 aliphatic heterocycles. The molecule has 0 spiro atoms. The van der Waals surface area contributed by atoms with Gasteiger partial charge in [0.2, 0.25) is 0 Å². The number of benzene rings is 1. The first kappa shape index (κ1) is 42.4. The van der Waals surface area contributed by atoms with Gasteiger partial charge in [0.25, 0.3) is 0 Å². The summed E-state index contributed by atoms with van der Waals surface area (Å²) < 4.78 is 88.9. The van der Waals surface area contributed by atoms with Gasteiger partial charge in [-0.2, -0.15) is 0 Å². The van der Waals surface area contributed by atoms with E-state index >= 15 is 0 Å². The highest BCUT2D eigenvalue weighted by molar-refractivity contribution is 5.39. The van der Waals surface area contributed by atoms with E-state index < -0.39 is 83.6 Å². The van der Waals surface area contributed by atoms with Crippen LogP contribution in [0.25, 0.3) is 0 Å². The molecule has 6 heterocycles. The van der Waals surface area contributed by atoms with Crippen LogP contribution >= 0.6 is 0 Å². The summed E-state index contributed by atoms with van der Waals surface area (Å²) in [6.45, 7) is 24.4. The Morgan fingerprint density at radius 2 is 0.857 bits per heavy atom. The quantitative estimate of drug-likeness (QED) is 0.293. The maximum Gasteiger partial charge on any atom is 0.164 e. The third-order valence-electron chi connectivity index (χ3n) is 10.6. The van der Waals surface area contributed by atoms with Crippen molar-refractivity contribution in [2.75, 3.05) is 33.0 Å². The highest BCUT2D eigenvalue weighted by atomic mass is 16.8. The van der Waals surface area contributed by atoms with E-state index in [2.05, 4.69) is 0 Å². The zero-order valence-electron chi connectivity index (χ0n) is 35.2. The molecule has 0 aromatic heterocycles. The Balaban J connectivity index is 1.06. The van der Waals surface area contributed by atoms with Gasteiger partial charge in [-0.05, 0) is 120 Å². The number of nitrogens with two attached hydrogens (primary N) is 1. The summed E-state index contributed by atoms with van der Waals surface area (Å²) in [5, 5.41) is 0. The molecule has 0 aliphatic carbocycles. The standard InChI is InChI=1S/C41H65NO14/c1-36(2)45-21-28(47-36)32-34(55-40(9,10)53-32)30-26(49-38(5,6)51-30)19-43-24-16-23(14-13-15-42)17-25(18-24)44-20-27-31(52-39(7,8)50-27)35-33(54-41(11,12)56-35)29-22-46-37(3,4)48-29/h16-18,26-35H,13-15,19-22,42H2,1-12H3/t26-,27?,28+,29?,30-,31+,32+,33?,34+,35?/m1/s1. The third kappa shape index (κ3) is 9.83. The van der Waals surface area contributed by atoms with Crippen molar-refractivity contribution in [2.45, 2.75) is 192 Å². The minimum Gasteiger partial charge on any atom is -0.491 e. The average Bonchev–Trinajstić information content (AvgIpc) is 3.91. The Kier molecular flexibility index (Phi) is 11.7. The van der Waals surface area contributed by atoms with Crippen LogP contribution in [0.1, 0.15) is 95.1 Å². The first-order valence-corrected chi connectivity index (χ1v) is 20.2. The summed E-state index contributed by atoms with van der Waals surface area (Å²) in [5.74, 6) is -3.70. The Hall–Kier alpha value is -1.70. The normalized spacial score (nSPS) is 39.0. The van der Waals surface area contributed by atoms with E-state index in [1.165, 1.54) is 0 Å². The fourth-order valence-electron chi connectivity index (χ4n) is 8.62. The van der Waals surface area contributed by atoms with Crippen LogP contribution in [-0.4, -0.2) is 129 Å². The van der Waals surface area contributed by atoms with E-state index in [4.69, 9.17) is 72.0 Å². The SMILES string of the molecule is CC1(C)OCC(C2OC(C)(C)OC2[C@H]2OC(C)(C)OC2COc2cc(CCCN)cc(OC[C@H]3OC(C)(C)O[C@H]3[C@@H]3OC(C)(C)O[C@H]3[C@@H]3COC(C)(C)O3)c2)O1. The molecule has 0 amide bonds. The van der Waals surface area contributed by atoms with Crippen molar-refractivity contribution in [3.8, 4) is 11.5 Å². The monoisotopic (exact) mass is 795 g/mol. The third-order valence-corrected chi connectivity index (χ3v) is 10.6. The first-order chi connectivity index (χ1) is 26.0. The van der Waals surface area contributed by atoms with Crippen molar-refractivity contribution >= 4 is 0 Å². The van der Waals surface area contributed by atoms with E-state index in [-0.39, 0.29) is 25.4 Å². The fourth-order valence-corrected chi connectivity index (χ4v) is 8.62. The van der Waals surface area contributed by atoms with Gasteiger partial charge in [0.05, 0.1) is 13.2 Å². The van der Waals surface area contributed by atoms with Gasteiger partial charge in [0.15, 0.2) is 34.7 Å². The average molecular weight is 796 g/mol. The van der Waals surface area contributed by atoms with E-state index in [0.29, 0.717) is 31.3 Å². The summed E-state index contributed by atoms with van der Waals surface area (Å²) >= 11 is 0. The van der Waals surface area contributed by atoms with Crippen molar-refractivity contribution in [2.24, 2.45) is 5.73 Å². The lowest BCUT2D eigenvalue weighted by atomic mass is 9.99. The zero-order chi connectivity index (χ0) is 40.5. The first-order valence-electron chi connectivity index (χ1n) is 20.2. The highest BCUT2D eigenvalue weighted by Gasteiger charge is 2.59. The lowest BCUT2D eigenvalue weighted by molar-refractivity contribution is -0.178. The minimum absolute atomic E-state index is 0.185. The lowest BCUT2D eigenvalue weighted by Crippen LogP contribution is -2.48. The Labute approximate surface area is 331 Å². The van der Waals surface area contributed by atoms with Crippen molar-refractivity contribution in [1.82, 2.24) is 0 Å². The predicted molar refractivity (Wildman–Crippen MR) is 200 cm³/mol. The molecule has 6 fully saturated rings. The van der Waals surface area contributed by atoms with Gasteiger partial charge in [-0.25, -0.2) is 0 Å². The molecule has 15 heteroatoms. The molecule has 56 heavy (non-hydrogen) atoms. The number of hydrogen-bond acceptors (Lipinski definition) is 15. The molecule has 2 N–H and O–H groups in total. The van der Waals surface area contributed by atoms with Crippen LogP contribution in [0.4, 0.5) is 0 Å². The summed E-state index contributed by atoms with van der Waals surface area (Å²) in [7, 11) is 0. The molecule has 0 saturated carbocycles. The highest BCUT2D eigenvalue weighted by Crippen LogP contribution is 2.44. The molecule has 1 aromatic carbocycles. The summed E-state index contributed by atoms with van der Waals surface area (Å²) in [6, 6.07) is 5.89. The van der Waals surface area contributed by atoms with Gasteiger partial charge >= 0.3 is 0 Å². The van der Waals surface area contributed by atoms with E-state index in [1.807, 2.05) is 101 Å². The molecular weight excluding hydrogens is 730 g/mol. The molecule has 4 unspecified atom stereocenters. The number of aryl methyl sites for hydroxylation is 1. The molecule has 6 saturated heterocycles. The Morgan fingerprint density at radius 3 is 1.23 bits per heavy atom. The van der Waals surface area contributed by atoms with Gasteiger partial charge in [-0.3, -0.25) is 0 Å². The molecule has 6 aliphatic rings. The minimum atomic E-state index is -0.883. The maximum absolute atomic E-state index is 6.51. The molecule has 0 bridgehead atoms. The lowest BCUT2D eigenvalue weighted by Gasteiger charge is -2.29. The van der Waals surface area contributed by atoms with Crippen molar-refractivity contribution in [3.05, 3.63) is 23.8 Å².